The molecule has 1 N–H and O–H groups in total. The minimum atomic E-state index is -0.708. The second-order valence-corrected chi connectivity index (χ2v) is 4.22. The largest absolute Gasteiger partial charge is 0.385 e. The van der Waals surface area contributed by atoms with Gasteiger partial charge in [0.1, 0.15) is 0 Å². The molecule has 0 aromatic heterocycles. The molecule has 1 unspecified atom stereocenters. The quantitative estimate of drug-likeness (QED) is 0.689. The Bertz CT molecular complexity index is 205. The van der Waals surface area contributed by atoms with Gasteiger partial charge in [-0.2, -0.15) is 0 Å². The number of likely N-dealkylation sites (tertiary alicyclic amines) is 1. The Morgan fingerprint density at radius 2 is 2.21 bits per heavy atom. The standard InChI is InChI=1S/C11H21NO2/c1-10(9-14-3)11(13)5-4-7-12(2)8-6-11/h13H,1,4-9H2,2-3H3. The number of aliphatic hydroxyl groups is 1. The summed E-state index contributed by atoms with van der Waals surface area (Å²) in [6.07, 6.45) is 2.60. The topological polar surface area (TPSA) is 32.7 Å². The number of hydrogen-bond donors (Lipinski definition) is 1. The smallest absolute Gasteiger partial charge is 0.0888 e. The van der Waals surface area contributed by atoms with Crippen molar-refractivity contribution in [3.63, 3.8) is 0 Å². The Kier molecular flexibility index (Phi) is 4.11. The maximum Gasteiger partial charge on any atom is 0.0888 e. The van der Waals surface area contributed by atoms with Gasteiger partial charge in [-0.15, -0.1) is 0 Å². The lowest BCUT2D eigenvalue weighted by Crippen LogP contribution is -2.33. The first-order valence-electron chi connectivity index (χ1n) is 5.16. The van der Waals surface area contributed by atoms with Crippen LogP contribution in [0.5, 0.6) is 0 Å². The van der Waals surface area contributed by atoms with Gasteiger partial charge in [-0.25, -0.2) is 0 Å². The number of hydrogen-bond acceptors (Lipinski definition) is 3. The van der Waals surface area contributed by atoms with Crippen LogP contribution in [0.15, 0.2) is 12.2 Å². The molecule has 0 saturated carbocycles. The third-order valence-electron chi connectivity index (χ3n) is 3.01. The van der Waals surface area contributed by atoms with Crippen molar-refractivity contribution in [1.82, 2.24) is 4.90 Å². The average Bonchev–Trinajstić information content (AvgIpc) is 2.30. The summed E-state index contributed by atoms with van der Waals surface area (Å²) in [6, 6.07) is 0. The maximum atomic E-state index is 10.4. The fraction of sp³-hybridized carbons (Fsp3) is 0.818. The lowest BCUT2D eigenvalue weighted by Gasteiger charge is -2.28. The molecule has 1 saturated heterocycles. The van der Waals surface area contributed by atoms with Crippen molar-refractivity contribution in [2.24, 2.45) is 0 Å². The molecule has 0 bridgehead atoms. The summed E-state index contributed by atoms with van der Waals surface area (Å²) in [5, 5.41) is 10.4. The third kappa shape index (κ3) is 2.80. The predicted molar refractivity (Wildman–Crippen MR) is 57.3 cm³/mol. The van der Waals surface area contributed by atoms with Gasteiger partial charge in [0, 0.05) is 13.7 Å². The summed E-state index contributed by atoms with van der Waals surface area (Å²) >= 11 is 0. The van der Waals surface area contributed by atoms with E-state index in [0.29, 0.717) is 6.61 Å². The molecule has 1 aliphatic heterocycles. The molecule has 0 aromatic rings. The number of methoxy groups -OCH3 is 1. The molecule has 0 aliphatic carbocycles. The van der Waals surface area contributed by atoms with Crippen LogP contribution in [0, 0.1) is 0 Å². The monoisotopic (exact) mass is 199 g/mol. The lowest BCUT2D eigenvalue weighted by molar-refractivity contribution is 0.0472. The van der Waals surface area contributed by atoms with Gasteiger partial charge in [-0.1, -0.05) is 6.58 Å². The summed E-state index contributed by atoms with van der Waals surface area (Å²) in [4.78, 5) is 2.25. The van der Waals surface area contributed by atoms with E-state index in [2.05, 4.69) is 18.5 Å². The number of ether oxygens (including phenoxy) is 1. The predicted octanol–water partition coefficient (Wildman–Crippen LogP) is 1.04. The molecule has 0 amide bonds. The van der Waals surface area contributed by atoms with Gasteiger partial charge in [0.05, 0.1) is 12.2 Å². The lowest BCUT2D eigenvalue weighted by atomic mass is 9.88. The highest BCUT2D eigenvalue weighted by molar-refractivity contribution is 5.13. The minimum absolute atomic E-state index is 0.459. The van der Waals surface area contributed by atoms with Crippen LogP contribution < -0.4 is 0 Å². The molecule has 0 radical (unpaired) electrons. The van der Waals surface area contributed by atoms with E-state index in [1.54, 1.807) is 7.11 Å². The first-order chi connectivity index (χ1) is 6.58. The molecule has 1 atom stereocenters. The average molecular weight is 199 g/mol. The zero-order valence-corrected chi connectivity index (χ0v) is 9.25. The van der Waals surface area contributed by atoms with Crippen molar-refractivity contribution in [2.75, 3.05) is 33.9 Å². The highest BCUT2D eigenvalue weighted by Crippen LogP contribution is 2.28. The highest BCUT2D eigenvalue weighted by atomic mass is 16.5. The van der Waals surface area contributed by atoms with Gasteiger partial charge in [0.25, 0.3) is 0 Å². The summed E-state index contributed by atoms with van der Waals surface area (Å²) in [5.41, 5.74) is 0.108. The molecule has 1 heterocycles. The number of nitrogens with zero attached hydrogens (tertiary/aromatic N) is 1. The zero-order valence-electron chi connectivity index (χ0n) is 9.25. The van der Waals surface area contributed by atoms with Gasteiger partial charge < -0.3 is 14.7 Å². The molecular weight excluding hydrogens is 178 g/mol. The molecule has 1 aliphatic rings. The first-order valence-corrected chi connectivity index (χ1v) is 5.16. The molecule has 3 nitrogen and oxygen atoms in total. The van der Waals surface area contributed by atoms with Gasteiger partial charge in [-0.3, -0.25) is 0 Å². The summed E-state index contributed by atoms with van der Waals surface area (Å²) in [5.74, 6) is 0. The Morgan fingerprint density at radius 3 is 2.86 bits per heavy atom. The van der Waals surface area contributed by atoms with E-state index in [1.165, 1.54) is 0 Å². The molecule has 0 aromatic carbocycles. The van der Waals surface area contributed by atoms with Crippen LogP contribution in [-0.2, 0) is 4.74 Å². The fourth-order valence-electron chi connectivity index (χ4n) is 1.92. The van der Waals surface area contributed by atoms with Crippen LogP contribution >= 0.6 is 0 Å². The molecular formula is C11H21NO2. The van der Waals surface area contributed by atoms with Crippen LogP contribution in [0.2, 0.25) is 0 Å². The second-order valence-electron chi connectivity index (χ2n) is 4.22. The summed E-state index contributed by atoms with van der Waals surface area (Å²) in [6.45, 7) is 6.36. The van der Waals surface area contributed by atoms with E-state index in [9.17, 15) is 5.11 Å². The molecule has 1 fully saturated rings. The van der Waals surface area contributed by atoms with Crippen molar-refractivity contribution >= 4 is 0 Å². The minimum Gasteiger partial charge on any atom is -0.385 e. The summed E-state index contributed by atoms with van der Waals surface area (Å²) < 4.78 is 5.02. The van der Waals surface area contributed by atoms with Crippen LogP contribution in [0.4, 0.5) is 0 Å². The zero-order chi connectivity index (χ0) is 10.6. The van der Waals surface area contributed by atoms with Crippen LogP contribution in [-0.4, -0.2) is 49.5 Å². The van der Waals surface area contributed by atoms with E-state index >= 15 is 0 Å². The van der Waals surface area contributed by atoms with E-state index in [4.69, 9.17) is 4.74 Å². The van der Waals surface area contributed by atoms with Crippen molar-refractivity contribution in [3.8, 4) is 0 Å². The van der Waals surface area contributed by atoms with Crippen LogP contribution in [0.25, 0.3) is 0 Å². The molecule has 14 heavy (non-hydrogen) atoms. The molecule has 82 valence electrons. The Hall–Kier alpha value is -0.380. The van der Waals surface area contributed by atoms with Crippen LogP contribution in [0.3, 0.4) is 0 Å². The van der Waals surface area contributed by atoms with E-state index in [1.807, 2.05) is 0 Å². The van der Waals surface area contributed by atoms with E-state index in [-0.39, 0.29) is 0 Å². The Morgan fingerprint density at radius 1 is 1.50 bits per heavy atom. The number of rotatable bonds is 3. The molecule has 0 spiro atoms. The van der Waals surface area contributed by atoms with Crippen molar-refractivity contribution < 1.29 is 9.84 Å². The van der Waals surface area contributed by atoms with Gasteiger partial charge in [-0.05, 0) is 38.4 Å². The van der Waals surface area contributed by atoms with Gasteiger partial charge >= 0.3 is 0 Å². The Labute approximate surface area is 86.4 Å². The summed E-state index contributed by atoms with van der Waals surface area (Å²) in [7, 11) is 3.72. The van der Waals surface area contributed by atoms with E-state index in [0.717, 1.165) is 37.9 Å². The third-order valence-corrected chi connectivity index (χ3v) is 3.01. The van der Waals surface area contributed by atoms with Crippen molar-refractivity contribution in [2.45, 2.75) is 24.9 Å². The van der Waals surface area contributed by atoms with Crippen molar-refractivity contribution in [1.29, 1.82) is 0 Å². The first kappa shape index (κ1) is 11.7. The molecule has 3 heteroatoms. The Balaban J connectivity index is 2.58. The SMILES string of the molecule is C=C(COC)C1(O)CCCN(C)CC1. The molecule has 1 rings (SSSR count). The highest BCUT2D eigenvalue weighted by Gasteiger charge is 2.31. The van der Waals surface area contributed by atoms with Gasteiger partial charge in [0.15, 0.2) is 0 Å². The second kappa shape index (κ2) is 4.91. The fourth-order valence-corrected chi connectivity index (χ4v) is 1.92. The van der Waals surface area contributed by atoms with Crippen molar-refractivity contribution in [3.05, 3.63) is 12.2 Å². The maximum absolute atomic E-state index is 10.4. The van der Waals surface area contributed by atoms with E-state index < -0.39 is 5.60 Å². The normalized spacial score (nSPS) is 29.9. The van der Waals surface area contributed by atoms with Crippen LogP contribution in [0.1, 0.15) is 19.3 Å². The van der Waals surface area contributed by atoms with Gasteiger partial charge in [0.2, 0.25) is 0 Å².